The number of rotatable bonds is 5. The molecule has 1 unspecified atom stereocenters. The van der Waals surface area contributed by atoms with Gasteiger partial charge in [-0.1, -0.05) is 18.9 Å². The summed E-state index contributed by atoms with van der Waals surface area (Å²) in [5.41, 5.74) is 1.27. The van der Waals surface area contributed by atoms with E-state index in [4.69, 9.17) is 0 Å². The smallest absolute Gasteiger partial charge is 0.0315 e. The number of pyridine rings is 1. The summed E-state index contributed by atoms with van der Waals surface area (Å²) < 4.78 is 0. The van der Waals surface area contributed by atoms with Crippen LogP contribution in [0.2, 0.25) is 0 Å². The van der Waals surface area contributed by atoms with Gasteiger partial charge in [0.1, 0.15) is 0 Å². The molecule has 0 amide bonds. The lowest BCUT2D eigenvalue weighted by Gasteiger charge is -2.21. The van der Waals surface area contributed by atoms with E-state index in [9.17, 15) is 0 Å². The van der Waals surface area contributed by atoms with Gasteiger partial charge in [-0.25, -0.2) is 0 Å². The van der Waals surface area contributed by atoms with Crippen LogP contribution in [0.25, 0.3) is 0 Å². The predicted octanol–water partition coefficient (Wildman–Crippen LogP) is 2.61. The van der Waals surface area contributed by atoms with Gasteiger partial charge in [0, 0.05) is 31.5 Å². The van der Waals surface area contributed by atoms with Crippen LogP contribution in [0.4, 0.5) is 0 Å². The SMILES string of the molecule is CC(NCCN1CCCCCC1)c1cccnc1. The molecule has 2 rings (SSSR count). The average Bonchev–Trinajstić information content (AvgIpc) is 2.68. The van der Waals surface area contributed by atoms with Gasteiger partial charge in [-0.2, -0.15) is 0 Å². The Hall–Kier alpha value is -0.930. The molecule has 1 aliphatic heterocycles. The maximum Gasteiger partial charge on any atom is 0.0315 e. The Balaban J connectivity index is 1.68. The van der Waals surface area contributed by atoms with Crippen molar-refractivity contribution in [2.75, 3.05) is 26.2 Å². The molecule has 0 radical (unpaired) electrons. The second-order valence-corrected chi connectivity index (χ2v) is 5.22. The van der Waals surface area contributed by atoms with E-state index in [2.05, 4.69) is 28.2 Å². The average molecular weight is 247 g/mol. The van der Waals surface area contributed by atoms with Crippen LogP contribution in [0.1, 0.15) is 44.2 Å². The van der Waals surface area contributed by atoms with Gasteiger partial charge >= 0.3 is 0 Å². The maximum absolute atomic E-state index is 4.17. The van der Waals surface area contributed by atoms with E-state index in [0.29, 0.717) is 6.04 Å². The predicted molar refractivity (Wildman–Crippen MR) is 75.6 cm³/mol. The molecule has 0 bridgehead atoms. The zero-order valence-electron chi connectivity index (χ0n) is 11.4. The molecule has 1 aliphatic rings. The van der Waals surface area contributed by atoms with Gasteiger partial charge < -0.3 is 10.2 Å². The molecule has 0 spiro atoms. The molecular formula is C15H25N3. The number of likely N-dealkylation sites (tertiary alicyclic amines) is 1. The minimum Gasteiger partial charge on any atom is -0.309 e. The van der Waals surface area contributed by atoms with Crippen molar-refractivity contribution in [3.63, 3.8) is 0 Å². The molecule has 1 aromatic heterocycles. The van der Waals surface area contributed by atoms with Crippen LogP contribution in [0.5, 0.6) is 0 Å². The van der Waals surface area contributed by atoms with Crippen molar-refractivity contribution in [1.82, 2.24) is 15.2 Å². The summed E-state index contributed by atoms with van der Waals surface area (Å²) >= 11 is 0. The molecule has 1 fully saturated rings. The third-order valence-corrected chi connectivity index (χ3v) is 3.76. The molecule has 1 N–H and O–H groups in total. The molecule has 0 aromatic carbocycles. The van der Waals surface area contributed by atoms with Crippen LogP contribution in [-0.4, -0.2) is 36.1 Å². The Morgan fingerprint density at radius 3 is 2.72 bits per heavy atom. The fourth-order valence-electron chi connectivity index (χ4n) is 2.55. The largest absolute Gasteiger partial charge is 0.309 e. The van der Waals surface area contributed by atoms with Gasteiger partial charge in [-0.3, -0.25) is 4.98 Å². The first-order valence-corrected chi connectivity index (χ1v) is 7.22. The highest BCUT2D eigenvalue weighted by molar-refractivity contribution is 5.12. The Bertz CT molecular complexity index is 318. The molecule has 1 aromatic rings. The summed E-state index contributed by atoms with van der Waals surface area (Å²) in [6, 6.07) is 4.53. The van der Waals surface area contributed by atoms with Crippen LogP contribution in [0.15, 0.2) is 24.5 Å². The Morgan fingerprint density at radius 1 is 1.28 bits per heavy atom. The topological polar surface area (TPSA) is 28.2 Å². The highest BCUT2D eigenvalue weighted by Crippen LogP contribution is 2.11. The standard InChI is InChI=1S/C15H25N3/c1-14(15-7-6-8-16-13-15)17-9-12-18-10-4-2-3-5-11-18/h6-8,13-14,17H,2-5,9-12H2,1H3. The third-order valence-electron chi connectivity index (χ3n) is 3.76. The first kappa shape index (κ1) is 13.5. The Labute approximate surface area is 111 Å². The van der Waals surface area contributed by atoms with E-state index in [1.54, 1.807) is 0 Å². The first-order valence-electron chi connectivity index (χ1n) is 7.22. The summed E-state index contributed by atoms with van der Waals surface area (Å²) in [6.07, 6.45) is 9.35. The first-order chi connectivity index (χ1) is 8.86. The van der Waals surface area contributed by atoms with Gasteiger partial charge in [0.15, 0.2) is 0 Å². The third kappa shape index (κ3) is 4.39. The van der Waals surface area contributed by atoms with Gasteiger partial charge in [0.05, 0.1) is 0 Å². The van der Waals surface area contributed by atoms with Crippen molar-refractivity contribution in [3.8, 4) is 0 Å². The highest BCUT2D eigenvalue weighted by Gasteiger charge is 2.09. The van der Waals surface area contributed by atoms with Crippen LogP contribution < -0.4 is 5.32 Å². The molecule has 2 heterocycles. The van der Waals surface area contributed by atoms with Gasteiger partial charge in [0.2, 0.25) is 0 Å². The van der Waals surface area contributed by atoms with Crippen LogP contribution >= 0.6 is 0 Å². The van der Waals surface area contributed by atoms with E-state index in [0.717, 1.165) is 6.54 Å². The highest BCUT2D eigenvalue weighted by atomic mass is 15.1. The van der Waals surface area contributed by atoms with E-state index >= 15 is 0 Å². The summed E-state index contributed by atoms with van der Waals surface area (Å²) in [5.74, 6) is 0. The van der Waals surface area contributed by atoms with E-state index < -0.39 is 0 Å². The normalized spacial score (nSPS) is 19.4. The molecule has 3 nitrogen and oxygen atoms in total. The van der Waals surface area contributed by atoms with Crippen molar-refractivity contribution in [3.05, 3.63) is 30.1 Å². The van der Waals surface area contributed by atoms with Crippen molar-refractivity contribution >= 4 is 0 Å². The minimum atomic E-state index is 0.394. The van der Waals surface area contributed by atoms with Gasteiger partial charge in [-0.05, 0) is 44.5 Å². The summed E-state index contributed by atoms with van der Waals surface area (Å²) in [5, 5.41) is 3.58. The summed E-state index contributed by atoms with van der Waals surface area (Å²) in [4.78, 5) is 6.76. The zero-order valence-corrected chi connectivity index (χ0v) is 11.4. The monoisotopic (exact) mass is 247 g/mol. The van der Waals surface area contributed by atoms with Crippen LogP contribution in [0.3, 0.4) is 0 Å². The molecule has 0 saturated carbocycles. The lowest BCUT2D eigenvalue weighted by Crippen LogP contribution is -2.33. The van der Waals surface area contributed by atoms with Crippen molar-refractivity contribution in [2.24, 2.45) is 0 Å². The molecule has 0 aliphatic carbocycles. The lowest BCUT2D eigenvalue weighted by atomic mass is 10.1. The van der Waals surface area contributed by atoms with Gasteiger partial charge in [0.25, 0.3) is 0 Å². The number of nitrogens with one attached hydrogen (secondary N) is 1. The molecule has 18 heavy (non-hydrogen) atoms. The fraction of sp³-hybridized carbons (Fsp3) is 0.667. The summed E-state index contributed by atoms with van der Waals surface area (Å²) in [6.45, 7) is 7.01. The zero-order chi connectivity index (χ0) is 12.6. The fourth-order valence-corrected chi connectivity index (χ4v) is 2.55. The second kappa shape index (κ2) is 7.49. The number of hydrogen-bond donors (Lipinski definition) is 1. The minimum absolute atomic E-state index is 0.394. The lowest BCUT2D eigenvalue weighted by molar-refractivity contribution is 0.280. The molecule has 1 atom stereocenters. The quantitative estimate of drug-likeness (QED) is 0.867. The summed E-state index contributed by atoms with van der Waals surface area (Å²) in [7, 11) is 0. The number of hydrogen-bond acceptors (Lipinski definition) is 3. The second-order valence-electron chi connectivity index (χ2n) is 5.22. The Kier molecular flexibility index (Phi) is 5.62. The van der Waals surface area contributed by atoms with Crippen molar-refractivity contribution in [2.45, 2.75) is 38.6 Å². The number of aromatic nitrogens is 1. The molecule has 100 valence electrons. The molecule has 1 saturated heterocycles. The van der Waals surface area contributed by atoms with Gasteiger partial charge in [-0.15, -0.1) is 0 Å². The molecule has 3 heteroatoms. The van der Waals surface area contributed by atoms with Crippen LogP contribution in [-0.2, 0) is 0 Å². The van der Waals surface area contributed by atoms with Crippen molar-refractivity contribution < 1.29 is 0 Å². The van der Waals surface area contributed by atoms with E-state index in [1.807, 2.05) is 18.5 Å². The number of nitrogens with zero attached hydrogens (tertiary/aromatic N) is 2. The van der Waals surface area contributed by atoms with E-state index in [1.165, 1.54) is 50.9 Å². The maximum atomic E-state index is 4.17. The van der Waals surface area contributed by atoms with E-state index in [-0.39, 0.29) is 0 Å². The molecular weight excluding hydrogens is 222 g/mol. The van der Waals surface area contributed by atoms with Crippen molar-refractivity contribution in [1.29, 1.82) is 0 Å². The Morgan fingerprint density at radius 2 is 2.06 bits per heavy atom. The van der Waals surface area contributed by atoms with Crippen LogP contribution in [0, 0.1) is 0 Å².